The molecule has 0 saturated heterocycles. The number of para-hydroxylation sites is 1. The summed E-state index contributed by atoms with van der Waals surface area (Å²) in [5.74, 6) is 0.737. The highest BCUT2D eigenvalue weighted by Crippen LogP contribution is 2.18. The molecule has 0 radical (unpaired) electrons. The summed E-state index contributed by atoms with van der Waals surface area (Å²) in [6, 6.07) is 9.56. The van der Waals surface area contributed by atoms with Crippen LogP contribution in [0, 0.1) is 0 Å². The smallest absolute Gasteiger partial charge is 0.231 e. The Hall–Kier alpha value is -1.14. The monoisotopic (exact) mass is 382 g/mol. The quantitative estimate of drug-likeness (QED) is 0.130. The summed E-state index contributed by atoms with van der Waals surface area (Å²) in [6.45, 7) is 4.39. The van der Waals surface area contributed by atoms with Gasteiger partial charge in [0.2, 0.25) is 12.6 Å². The molecule has 0 aliphatic carbocycles. The molecule has 156 valence electrons. The third-order valence-corrected chi connectivity index (χ3v) is 4.49. The van der Waals surface area contributed by atoms with Crippen LogP contribution in [0.4, 0.5) is 0 Å². The summed E-state index contributed by atoms with van der Waals surface area (Å²) in [5.41, 5.74) is 0. The molecule has 1 N–H and O–H groups in total. The maximum absolute atomic E-state index is 9.06. The molecule has 5 nitrogen and oxygen atoms in total. The molecule has 1 rings (SSSR count). The van der Waals surface area contributed by atoms with Crippen LogP contribution in [0.15, 0.2) is 30.3 Å². The van der Waals surface area contributed by atoms with Crippen molar-refractivity contribution in [2.45, 2.75) is 103 Å². The van der Waals surface area contributed by atoms with Crippen LogP contribution < -0.4 is 4.74 Å². The Kier molecular flexibility index (Phi) is 15.0. The maximum Gasteiger partial charge on any atom is 0.231 e. The molecule has 0 aromatic heterocycles. The average molecular weight is 383 g/mol. The number of ether oxygens (including phenoxy) is 1. The number of unbranched alkanes of at least 4 members (excludes halogenated alkanes) is 8. The molecule has 0 bridgehead atoms. The van der Waals surface area contributed by atoms with Crippen molar-refractivity contribution < 1.29 is 24.7 Å². The molecule has 2 atom stereocenters. The van der Waals surface area contributed by atoms with Crippen molar-refractivity contribution in [2.24, 2.45) is 0 Å². The highest BCUT2D eigenvalue weighted by atomic mass is 17.3. The highest BCUT2D eigenvalue weighted by molar-refractivity contribution is 5.20. The minimum atomic E-state index is -0.784. The zero-order valence-electron chi connectivity index (χ0n) is 17.1. The van der Waals surface area contributed by atoms with Crippen molar-refractivity contribution >= 4 is 0 Å². The topological polar surface area (TPSA) is 57.2 Å². The SMILES string of the molecule is CCCCCCCC(OO)OOC(CCCCCCC)Oc1ccccc1. The van der Waals surface area contributed by atoms with Gasteiger partial charge in [0.25, 0.3) is 0 Å². The molecule has 0 aliphatic heterocycles. The van der Waals surface area contributed by atoms with Crippen LogP contribution in [0.25, 0.3) is 0 Å². The molecular formula is C22H38O5. The summed E-state index contributed by atoms with van der Waals surface area (Å²) in [6.07, 6.45) is 11.5. The average Bonchev–Trinajstić information content (AvgIpc) is 2.70. The molecule has 5 heteroatoms. The first-order chi connectivity index (χ1) is 13.3. The lowest BCUT2D eigenvalue weighted by atomic mass is 10.1. The summed E-state index contributed by atoms with van der Waals surface area (Å²) >= 11 is 0. The van der Waals surface area contributed by atoms with E-state index in [0.29, 0.717) is 6.42 Å². The van der Waals surface area contributed by atoms with Gasteiger partial charge in [0.1, 0.15) is 5.75 Å². The Balaban J connectivity index is 2.38. The van der Waals surface area contributed by atoms with Gasteiger partial charge in [-0.3, -0.25) is 0 Å². The van der Waals surface area contributed by atoms with Gasteiger partial charge in [-0.15, -0.1) is 0 Å². The van der Waals surface area contributed by atoms with Gasteiger partial charge in [0, 0.05) is 12.8 Å². The van der Waals surface area contributed by atoms with Crippen LogP contribution >= 0.6 is 0 Å². The lowest BCUT2D eigenvalue weighted by Gasteiger charge is -2.21. The molecule has 1 aromatic rings. The van der Waals surface area contributed by atoms with Gasteiger partial charge in [0.05, 0.1) is 0 Å². The number of benzene rings is 1. The molecular weight excluding hydrogens is 344 g/mol. The Morgan fingerprint density at radius 3 is 1.78 bits per heavy atom. The standard InChI is InChI=1S/C22H38O5/c1-3-5-7-9-14-18-21(24-20-16-12-11-13-17-20)26-27-22(25-23)19-15-10-8-6-4-2/h11-13,16-17,21-23H,3-10,14-15,18-19H2,1-2H3. The zero-order valence-corrected chi connectivity index (χ0v) is 17.1. The van der Waals surface area contributed by atoms with E-state index in [2.05, 4.69) is 18.7 Å². The Morgan fingerprint density at radius 1 is 0.704 bits per heavy atom. The summed E-state index contributed by atoms with van der Waals surface area (Å²) in [7, 11) is 0. The van der Waals surface area contributed by atoms with Gasteiger partial charge < -0.3 is 4.74 Å². The fourth-order valence-electron chi connectivity index (χ4n) is 2.85. The van der Waals surface area contributed by atoms with E-state index >= 15 is 0 Å². The van der Waals surface area contributed by atoms with Crippen molar-refractivity contribution in [1.29, 1.82) is 0 Å². The van der Waals surface area contributed by atoms with Gasteiger partial charge in [-0.05, 0) is 25.0 Å². The number of hydrogen-bond acceptors (Lipinski definition) is 5. The predicted octanol–water partition coefficient (Wildman–Crippen LogP) is 6.88. The van der Waals surface area contributed by atoms with E-state index in [9.17, 15) is 0 Å². The third kappa shape index (κ3) is 12.8. The molecule has 0 heterocycles. The van der Waals surface area contributed by atoms with Gasteiger partial charge in [-0.1, -0.05) is 83.4 Å². The Morgan fingerprint density at radius 2 is 1.22 bits per heavy atom. The molecule has 0 saturated carbocycles. The second-order valence-electron chi connectivity index (χ2n) is 6.99. The maximum atomic E-state index is 9.06. The number of rotatable bonds is 18. The van der Waals surface area contributed by atoms with Crippen LogP contribution in [0.3, 0.4) is 0 Å². The lowest BCUT2D eigenvalue weighted by Crippen LogP contribution is -2.25. The first kappa shape index (κ1) is 23.9. The van der Waals surface area contributed by atoms with Crippen molar-refractivity contribution in [3.05, 3.63) is 30.3 Å². The van der Waals surface area contributed by atoms with E-state index < -0.39 is 12.6 Å². The van der Waals surface area contributed by atoms with Crippen LogP contribution in [0.1, 0.15) is 90.9 Å². The first-order valence-corrected chi connectivity index (χ1v) is 10.6. The van der Waals surface area contributed by atoms with Gasteiger partial charge in [-0.25, -0.2) is 10.1 Å². The van der Waals surface area contributed by atoms with E-state index in [1.165, 1.54) is 38.5 Å². The van der Waals surface area contributed by atoms with Crippen LogP contribution in [0.5, 0.6) is 5.75 Å². The van der Waals surface area contributed by atoms with E-state index in [0.717, 1.165) is 37.9 Å². The summed E-state index contributed by atoms with van der Waals surface area (Å²) < 4.78 is 5.89. The second-order valence-corrected chi connectivity index (χ2v) is 6.99. The Bertz CT molecular complexity index is 426. The van der Waals surface area contributed by atoms with Crippen molar-refractivity contribution in [1.82, 2.24) is 0 Å². The molecule has 27 heavy (non-hydrogen) atoms. The molecule has 0 aliphatic rings. The molecule has 1 aromatic carbocycles. The lowest BCUT2D eigenvalue weighted by molar-refractivity contribution is -0.475. The van der Waals surface area contributed by atoms with Crippen LogP contribution in [0.2, 0.25) is 0 Å². The van der Waals surface area contributed by atoms with Crippen LogP contribution in [-0.4, -0.2) is 17.8 Å². The normalized spacial score (nSPS) is 13.4. The second kappa shape index (κ2) is 17.0. The fourth-order valence-corrected chi connectivity index (χ4v) is 2.85. The van der Waals surface area contributed by atoms with Crippen molar-refractivity contribution in [2.75, 3.05) is 0 Å². The van der Waals surface area contributed by atoms with Crippen molar-refractivity contribution in [3.8, 4) is 5.75 Å². The van der Waals surface area contributed by atoms with Gasteiger partial charge in [0.15, 0.2) is 0 Å². The van der Waals surface area contributed by atoms with Crippen LogP contribution in [-0.2, 0) is 14.7 Å². The largest absolute Gasteiger partial charge is 0.462 e. The highest BCUT2D eigenvalue weighted by Gasteiger charge is 2.17. The molecule has 0 amide bonds. The van der Waals surface area contributed by atoms with E-state index in [1.807, 2.05) is 30.3 Å². The zero-order chi connectivity index (χ0) is 19.6. The summed E-state index contributed by atoms with van der Waals surface area (Å²) in [4.78, 5) is 15.2. The molecule has 0 fully saturated rings. The Labute approximate surface area is 164 Å². The van der Waals surface area contributed by atoms with Crippen molar-refractivity contribution in [3.63, 3.8) is 0 Å². The van der Waals surface area contributed by atoms with E-state index in [-0.39, 0.29) is 0 Å². The van der Waals surface area contributed by atoms with E-state index in [1.54, 1.807) is 0 Å². The minimum Gasteiger partial charge on any atom is -0.462 e. The first-order valence-electron chi connectivity index (χ1n) is 10.6. The fraction of sp³-hybridized carbons (Fsp3) is 0.727. The van der Waals surface area contributed by atoms with Gasteiger partial charge >= 0.3 is 0 Å². The molecule has 0 spiro atoms. The summed E-state index contributed by atoms with van der Waals surface area (Å²) in [5, 5.41) is 9.06. The third-order valence-electron chi connectivity index (χ3n) is 4.49. The molecule has 2 unspecified atom stereocenters. The minimum absolute atomic E-state index is 0.522. The predicted molar refractivity (Wildman–Crippen MR) is 107 cm³/mol. The number of hydrogen-bond donors (Lipinski definition) is 1. The van der Waals surface area contributed by atoms with E-state index in [4.69, 9.17) is 19.8 Å². The van der Waals surface area contributed by atoms with Gasteiger partial charge in [-0.2, -0.15) is 9.78 Å².